The fraction of sp³-hybridized carbons (Fsp3) is 1.00. The van der Waals surface area contributed by atoms with Crippen LogP contribution in [0.15, 0.2) is 0 Å². The second-order valence-electron chi connectivity index (χ2n) is 2.80. The zero-order chi connectivity index (χ0) is 8.69. The molecule has 1 saturated heterocycles. The first-order chi connectivity index (χ1) is 5.33. The third-order valence-corrected chi connectivity index (χ3v) is 1.99. The number of rotatable bonds is 1. The molecule has 0 aromatic rings. The summed E-state index contributed by atoms with van der Waals surface area (Å²) in [7, 11) is 0. The van der Waals surface area contributed by atoms with Crippen molar-refractivity contribution in [3.05, 3.63) is 0 Å². The summed E-state index contributed by atoms with van der Waals surface area (Å²) < 4.78 is 0. The van der Waals surface area contributed by atoms with Crippen LogP contribution in [0.1, 0.15) is 33.6 Å². The number of nitrogens with two attached hydrogens (primary N) is 1. The zero-order valence-electron chi connectivity index (χ0n) is 8.14. The van der Waals surface area contributed by atoms with Crippen molar-refractivity contribution < 1.29 is 0 Å². The minimum atomic E-state index is 0.443. The molecule has 1 heterocycles. The van der Waals surface area contributed by atoms with Gasteiger partial charge in [0.2, 0.25) is 0 Å². The van der Waals surface area contributed by atoms with E-state index in [1.165, 1.54) is 19.4 Å². The van der Waals surface area contributed by atoms with Crippen molar-refractivity contribution in [1.29, 1.82) is 0 Å². The smallest absolute Gasteiger partial charge is 0.0168 e. The lowest BCUT2D eigenvalue weighted by Crippen LogP contribution is -2.42. The highest BCUT2D eigenvalue weighted by molar-refractivity contribution is 4.73. The van der Waals surface area contributed by atoms with Crippen LogP contribution in [0.5, 0.6) is 0 Å². The number of likely N-dealkylation sites (tertiary alicyclic amines) is 1. The lowest BCUT2D eigenvalue weighted by Gasteiger charge is -2.29. The molecular formula is C9H22N2. The van der Waals surface area contributed by atoms with Crippen LogP contribution in [0.25, 0.3) is 0 Å². The van der Waals surface area contributed by atoms with E-state index in [0.717, 1.165) is 13.1 Å². The molecule has 2 N–H and O–H groups in total. The first-order valence-electron chi connectivity index (χ1n) is 4.81. The van der Waals surface area contributed by atoms with Crippen molar-refractivity contribution in [2.24, 2.45) is 5.73 Å². The Kier molecular flexibility index (Phi) is 6.57. The van der Waals surface area contributed by atoms with E-state index in [2.05, 4.69) is 11.8 Å². The van der Waals surface area contributed by atoms with Crippen molar-refractivity contribution >= 4 is 0 Å². The van der Waals surface area contributed by atoms with Crippen LogP contribution in [-0.4, -0.2) is 30.6 Å². The number of likely N-dealkylation sites (N-methyl/N-ethyl adjacent to an activating group) is 1. The van der Waals surface area contributed by atoms with Crippen LogP contribution in [0.4, 0.5) is 0 Å². The summed E-state index contributed by atoms with van der Waals surface area (Å²) in [6.45, 7) is 9.71. The summed E-state index contributed by atoms with van der Waals surface area (Å²) >= 11 is 0. The molecule has 1 rings (SSSR count). The molecule has 2 heteroatoms. The van der Waals surface area contributed by atoms with Gasteiger partial charge in [0.05, 0.1) is 0 Å². The van der Waals surface area contributed by atoms with E-state index in [-0.39, 0.29) is 0 Å². The van der Waals surface area contributed by atoms with Crippen molar-refractivity contribution in [2.75, 3.05) is 19.6 Å². The van der Waals surface area contributed by atoms with Gasteiger partial charge in [-0.1, -0.05) is 20.8 Å². The Balaban J connectivity index is 0.000000461. The highest BCUT2D eigenvalue weighted by Gasteiger charge is 2.13. The molecule has 0 aliphatic carbocycles. The highest BCUT2D eigenvalue weighted by Crippen LogP contribution is 2.06. The normalized spacial score (nSPS) is 25.6. The Morgan fingerprint density at radius 2 is 2.09 bits per heavy atom. The Hall–Kier alpha value is -0.0800. The van der Waals surface area contributed by atoms with E-state index >= 15 is 0 Å². The Morgan fingerprint density at radius 1 is 1.45 bits per heavy atom. The van der Waals surface area contributed by atoms with E-state index in [9.17, 15) is 0 Å². The van der Waals surface area contributed by atoms with Crippen LogP contribution in [0.3, 0.4) is 0 Å². The van der Waals surface area contributed by atoms with Crippen molar-refractivity contribution in [2.45, 2.75) is 39.7 Å². The van der Waals surface area contributed by atoms with Gasteiger partial charge in [0, 0.05) is 12.6 Å². The minimum Gasteiger partial charge on any atom is -0.327 e. The molecule has 0 amide bonds. The first kappa shape index (κ1) is 10.9. The van der Waals surface area contributed by atoms with Gasteiger partial charge in [0.25, 0.3) is 0 Å². The third kappa shape index (κ3) is 4.38. The maximum atomic E-state index is 5.76. The maximum absolute atomic E-state index is 5.76. The summed E-state index contributed by atoms with van der Waals surface area (Å²) in [5.74, 6) is 0. The zero-order valence-corrected chi connectivity index (χ0v) is 8.14. The topological polar surface area (TPSA) is 29.3 Å². The molecule has 2 nitrogen and oxygen atoms in total. The molecule has 1 unspecified atom stereocenters. The molecule has 0 spiro atoms. The second kappa shape index (κ2) is 6.62. The van der Waals surface area contributed by atoms with E-state index < -0.39 is 0 Å². The van der Waals surface area contributed by atoms with Gasteiger partial charge >= 0.3 is 0 Å². The quantitative estimate of drug-likeness (QED) is 0.626. The van der Waals surface area contributed by atoms with Gasteiger partial charge in [-0.2, -0.15) is 0 Å². The van der Waals surface area contributed by atoms with E-state index in [0.29, 0.717) is 6.04 Å². The summed E-state index contributed by atoms with van der Waals surface area (Å²) in [4.78, 5) is 2.41. The lowest BCUT2D eigenvalue weighted by atomic mass is 10.1. The van der Waals surface area contributed by atoms with Gasteiger partial charge in [-0.25, -0.2) is 0 Å². The molecule has 1 aliphatic heterocycles. The van der Waals surface area contributed by atoms with Crippen molar-refractivity contribution in [3.63, 3.8) is 0 Å². The summed E-state index contributed by atoms with van der Waals surface area (Å²) in [5.41, 5.74) is 5.76. The van der Waals surface area contributed by atoms with Crippen LogP contribution < -0.4 is 5.73 Å². The Labute approximate surface area is 70.8 Å². The second-order valence-corrected chi connectivity index (χ2v) is 2.80. The Morgan fingerprint density at radius 3 is 2.45 bits per heavy atom. The lowest BCUT2D eigenvalue weighted by molar-refractivity contribution is 0.219. The molecular weight excluding hydrogens is 136 g/mol. The average Bonchev–Trinajstić information content (AvgIpc) is 2.08. The van der Waals surface area contributed by atoms with Gasteiger partial charge in [0.1, 0.15) is 0 Å². The number of hydrogen-bond acceptors (Lipinski definition) is 2. The SMILES string of the molecule is CC.CCN1CCCC(N)C1. The molecule has 0 radical (unpaired) electrons. The van der Waals surface area contributed by atoms with E-state index in [4.69, 9.17) is 5.73 Å². The molecule has 11 heavy (non-hydrogen) atoms. The number of hydrogen-bond donors (Lipinski definition) is 1. The van der Waals surface area contributed by atoms with Gasteiger partial charge in [0.15, 0.2) is 0 Å². The third-order valence-electron chi connectivity index (χ3n) is 1.99. The van der Waals surface area contributed by atoms with Crippen LogP contribution in [0.2, 0.25) is 0 Å². The molecule has 0 aromatic heterocycles. The largest absolute Gasteiger partial charge is 0.327 e. The minimum absolute atomic E-state index is 0.443. The molecule has 0 saturated carbocycles. The van der Waals surface area contributed by atoms with E-state index in [1.807, 2.05) is 13.8 Å². The fourth-order valence-corrected chi connectivity index (χ4v) is 1.38. The van der Waals surface area contributed by atoms with Crippen molar-refractivity contribution in [3.8, 4) is 0 Å². The van der Waals surface area contributed by atoms with Gasteiger partial charge in [-0.15, -0.1) is 0 Å². The molecule has 1 atom stereocenters. The predicted molar refractivity (Wildman–Crippen MR) is 50.7 cm³/mol. The molecule has 0 bridgehead atoms. The highest BCUT2D eigenvalue weighted by atomic mass is 15.1. The monoisotopic (exact) mass is 158 g/mol. The molecule has 1 aliphatic rings. The molecule has 0 aromatic carbocycles. The van der Waals surface area contributed by atoms with E-state index in [1.54, 1.807) is 0 Å². The van der Waals surface area contributed by atoms with Crippen LogP contribution >= 0.6 is 0 Å². The molecule has 1 fully saturated rings. The average molecular weight is 158 g/mol. The van der Waals surface area contributed by atoms with Crippen molar-refractivity contribution in [1.82, 2.24) is 4.90 Å². The summed E-state index contributed by atoms with van der Waals surface area (Å²) in [6.07, 6.45) is 2.51. The summed E-state index contributed by atoms with van der Waals surface area (Å²) in [6, 6.07) is 0.443. The number of piperidine rings is 1. The summed E-state index contributed by atoms with van der Waals surface area (Å²) in [5, 5.41) is 0. The standard InChI is InChI=1S/C7H16N2.C2H6/c1-2-9-5-3-4-7(8)6-9;1-2/h7H,2-6,8H2,1H3;1-2H3. The first-order valence-corrected chi connectivity index (χ1v) is 4.81. The van der Waals surface area contributed by atoms with Gasteiger partial charge in [-0.05, 0) is 25.9 Å². The predicted octanol–water partition coefficient (Wildman–Crippen LogP) is 1.46. The van der Waals surface area contributed by atoms with Gasteiger partial charge in [-0.3, -0.25) is 0 Å². The molecule has 68 valence electrons. The van der Waals surface area contributed by atoms with Crippen LogP contribution in [-0.2, 0) is 0 Å². The van der Waals surface area contributed by atoms with Crippen LogP contribution in [0, 0.1) is 0 Å². The Bertz CT molecular complexity index is 83.6. The van der Waals surface area contributed by atoms with Gasteiger partial charge < -0.3 is 10.6 Å². The fourth-order valence-electron chi connectivity index (χ4n) is 1.38. The number of nitrogens with zero attached hydrogens (tertiary/aromatic N) is 1. The maximum Gasteiger partial charge on any atom is 0.0168 e.